The Kier molecular flexibility index (Phi) is 6.17. The summed E-state index contributed by atoms with van der Waals surface area (Å²) >= 11 is 0. The number of aromatic nitrogens is 2. The molecule has 4 rings (SSSR count). The van der Waals surface area contributed by atoms with Crippen LogP contribution in [0.25, 0.3) is 11.3 Å². The minimum atomic E-state index is -3.24. The van der Waals surface area contributed by atoms with Crippen LogP contribution in [-0.4, -0.2) is 60.1 Å². The van der Waals surface area contributed by atoms with E-state index >= 15 is 0 Å². The van der Waals surface area contributed by atoms with E-state index in [0.717, 1.165) is 11.3 Å². The molecule has 2 aliphatic rings. The quantitative estimate of drug-likeness (QED) is 0.717. The van der Waals surface area contributed by atoms with Gasteiger partial charge >= 0.3 is 0 Å². The van der Waals surface area contributed by atoms with E-state index in [0.29, 0.717) is 54.1 Å². The molecule has 2 aromatic rings. The van der Waals surface area contributed by atoms with Gasteiger partial charge in [0, 0.05) is 18.7 Å². The molecule has 1 unspecified atom stereocenters. The molecule has 1 N–H and O–H groups in total. The van der Waals surface area contributed by atoms with E-state index in [1.807, 2.05) is 38.1 Å². The first-order valence-electron chi connectivity index (χ1n) is 10.1. The maximum absolute atomic E-state index is 12.7. The Hall–Kier alpha value is -3.01. The number of rotatable bonds is 5. The summed E-state index contributed by atoms with van der Waals surface area (Å²) in [6.45, 7) is 5.77. The Morgan fingerprint density at radius 3 is 2.35 bits per heavy atom. The highest BCUT2D eigenvalue weighted by Gasteiger charge is 2.17. The van der Waals surface area contributed by atoms with E-state index in [4.69, 9.17) is 9.47 Å². The van der Waals surface area contributed by atoms with Crippen LogP contribution >= 0.6 is 0 Å². The van der Waals surface area contributed by atoms with E-state index in [-0.39, 0.29) is 0 Å². The summed E-state index contributed by atoms with van der Waals surface area (Å²) in [5, 5.41) is 8.45. The molecule has 2 heterocycles. The van der Waals surface area contributed by atoms with Gasteiger partial charge in [0.1, 0.15) is 13.2 Å². The van der Waals surface area contributed by atoms with Crippen LogP contribution in [-0.2, 0) is 9.99 Å². The number of benzene rings is 1. The largest absolute Gasteiger partial charge is 0.486 e. The van der Waals surface area contributed by atoms with E-state index in [1.54, 1.807) is 30.4 Å². The monoisotopic (exact) mass is 440 g/mol. The zero-order valence-electron chi connectivity index (χ0n) is 17.4. The molecule has 0 spiro atoms. The topological polar surface area (TPSA) is 97.1 Å². The summed E-state index contributed by atoms with van der Waals surface area (Å²) in [6.07, 6.45) is 6.64. The molecule has 0 amide bonds. The fraction of sp³-hybridized carbons (Fsp3) is 0.273. The minimum Gasteiger partial charge on any atom is -0.486 e. The van der Waals surface area contributed by atoms with E-state index < -0.39 is 9.99 Å². The predicted molar refractivity (Wildman–Crippen MR) is 123 cm³/mol. The second-order valence-electron chi connectivity index (χ2n) is 6.85. The molecule has 0 bridgehead atoms. The van der Waals surface area contributed by atoms with Crippen LogP contribution in [0.4, 0.5) is 5.82 Å². The van der Waals surface area contributed by atoms with Crippen molar-refractivity contribution >= 4 is 26.4 Å². The van der Waals surface area contributed by atoms with Crippen molar-refractivity contribution in [3.05, 3.63) is 54.6 Å². The number of ether oxygens (including phenoxy) is 2. The highest BCUT2D eigenvalue weighted by atomic mass is 32.2. The Balaban J connectivity index is 1.52. The van der Waals surface area contributed by atoms with E-state index in [1.165, 1.54) is 4.31 Å². The summed E-state index contributed by atoms with van der Waals surface area (Å²) in [5.74, 6) is 1.87. The van der Waals surface area contributed by atoms with E-state index in [2.05, 4.69) is 15.2 Å². The van der Waals surface area contributed by atoms with Crippen molar-refractivity contribution < 1.29 is 18.2 Å². The normalized spacial score (nSPS) is 17.0. The van der Waals surface area contributed by atoms with Gasteiger partial charge < -0.3 is 14.0 Å². The standard InChI is InChI=1S/C22H24N4O4S/c1-3-26(4-2)31(27,28)18-8-6-17(7-9-18)23-22-12-10-19(24-25-22)16-5-11-20-21(15-16)30-14-13-29-20/h5-12,15H,3-4,13-14H2,1-2H3,(H,27,28). The molecular formula is C22H24N4O4S. The van der Waals surface area contributed by atoms with Gasteiger partial charge in [-0.15, -0.1) is 10.2 Å². The number of aliphatic imine (C=N–C) groups is 1. The first-order chi connectivity index (χ1) is 15.0. The Morgan fingerprint density at radius 1 is 1.00 bits per heavy atom. The van der Waals surface area contributed by atoms with Gasteiger partial charge in [-0.2, -0.15) is 0 Å². The lowest BCUT2D eigenvalue weighted by atomic mass is 10.1. The third-order valence-corrected chi connectivity index (χ3v) is 7.03. The molecule has 31 heavy (non-hydrogen) atoms. The highest BCUT2D eigenvalue weighted by Crippen LogP contribution is 2.34. The third kappa shape index (κ3) is 4.53. The maximum Gasteiger partial charge on any atom is 0.175 e. The number of nitrogens with zero attached hydrogens (tertiary/aromatic N) is 4. The molecule has 162 valence electrons. The van der Waals surface area contributed by atoms with Gasteiger partial charge in [-0.25, -0.2) is 13.5 Å². The molecule has 1 aromatic carbocycles. The zero-order valence-corrected chi connectivity index (χ0v) is 18.2. The first kappa shape index (κ1) is 21.2. The molecule has 0 saturated heterocycles. The van der Waals surface area contributed by atoms with Crippen LogP contribution < -0.4 is 9.47 Å². The van der Waals surface area contributed by atoms with Gasteiger partial charge in [0.25, 0.3) is 0 Å². The minimum absolute atomic E-state index is 0.357. The fourth-order valence-corrected chi connectivity index (χ4v) is 4.78. The summed E-state index contributed by atoms with van der Waals surface area (Å²) in [6, 6.07) is 9.28. The van der Waals surface area contributed by atoms with Crippen LogP contribution in [0.15, 0.2) is 59.6 Å². The van der Waals surface area contributed by atoms with Crippen molar-refractivity contribution in [1.82, 2.24) is 14.5 Å². The lowest BCUT2D eigenvalue weighted by Gasteiger charge is -2.21. The van der Waals surface area contributed by atoms with Crippen LogP contribution in [0.1, 0.15) is 13.8 Å². The summed E-state index contributed by atoms with van der Waals surface area (Å²) in [4.78, 5) is 4.80. The molecule has 9 heteroatoms. The summed E-state index contributed by atoms with van der Waals surface area (Å²) in [7, 11) is -3.24. The van der Waals surface area contributed by atoms with Gasteiger partial charge in [0.2, 0.25) is 0 Å². The SMILES string of the molecule is CCN(CC)S(=O)(O)=C1C=CC(=Nc2ccc(-c3ccc4c(c3)OCCO4)nn2)C=C1. The summed E-state index contributed by atoms with van der Waals surface area (Å²) < 4.78 is 35.8. The first-order valence-corrected chi connectivity index (χ1v) is 11.6. The number of hydrogen-bond donors (Lipinski definition) is 1. The predicted octanol–water partition coefficient (Wildman–Crippen LogP) is 3.30. The van der Waals surface area contributed by atoms with Crippen molar-refractivity contribution in [3.63, 3.8) is 0 Å². The second-order valence-corrected chi connectivity index (χ2v) is 8.83. The second kappa shape index (κ2) is 9.01. The average Bonchev–Trinajstić information content (AvgIpc) is 2.80. The Labute approximate surface area is 181 Å². The Morgan fingerprint density at radius 2 is 1.71 bits per heavy atom. The molecule has 0 fully saturated rings. The molecule has 1 aliphatic carbocycles. The lowest BCUT2D eigenvalue weighted by molar-refractivity contribution is 0.171. The molecule has 0 saturated carbocycles. The van der Waals surface area contributed by atoms with Gasteiger partial charge in [-0.05, 0) is 54.6 Å². The van der Waals surface area contributed by atoms with Crippen molar-refractivity contribution in [2.45, 2.75) is 13.8 Å². The van der Waals surface area contributed by atoms with Crippen LogP contribution in [0.2, 0.25) is 0 Å². The van der Waals surface area contributed by atoms with E-state index in [9.17, 15) is 8.76 Å². The van der Waals surface area contributed by atoms with Crippen LogP contribution in [0.3, 0.4) is 0 Å². The molecule has 1 aliphatic heterocycles. The summed E-state index contributed by atoms with van der Waals surface area (Å²) in [5.41, 5.74) is 2.20. The smallest absolute Gasteiger partial charge is 0.175 e. The molecular weight excluding hydrogens is 416 g/mol. The maximum atomic E-state index is 12.7. The van der Waals surface area contributed by atoms with Gasteiger partial charge in [0.15, 0.2) is 27.3 Å². The van der Waals surface area contributed by atoms with Gasteiger partial charge in [-0.3, -0.25) is 0 Å². The number of fused-ring (bicyclic) bond motifs is 1. The molecule has 1 atom stereocenters. The van der Waals surface area contributed by atoms with Crippen molar-refractivity contribution in [2.24, 2.45) is 4.99 Å². The van der Waals surface area contributed by atoms with Crippen LogP contribution in [0, 0.1) is 0 Å². The van der Waals surface area contributed by atoms with Crippen LogP contribution in [0.5, 0.6) is 11.5 Å². The lowest BCUT2D eigenvalue weighted by Crippen LogP contribution is -2.34. The molecule has 0 radical (unpaired) electrons. The van der Waals surface area contributed by atoms with Crippen molar-refractivity contribution in [1.29, 1.82) is 0 Å². The number of hydrogen-bond acceptors (Lipinski definition) is 6. The highest BCUT2D eigenvalue weighted by molar-refractivity contribution is 7.95. The van der Waals surface area contributed by atoms with Gasteiger partial charge in [-0.1, -0.05) is 13.8 Å². The van der Waals surface area contributed by atoms with Crippen molar-refractivity contribution in [2.75, 3.05) is 26.3 Å². The average molecular weight is 441 g/mol. The number of allylic oxidation sites excluding steroid dienone is 4. The molecule has 8 nitrogen and oxygen atoms in total. The third-order valence-electron chi connectivity index (χ3n) is 4.93. The van der Waals surface area contributed by atoms with Crippen molar-refractivity contribution in [3.8, 4) is 22.8 Å². The molecule has 1 aromatic heterocycles. The Bertz CT molecular complexity index is 1160. The fourth-order valence-electron chi connectivity index (χ4n) is 3.29. The zero-order chi connectivity index (χ0) is 21.8. The van der Waals surface area contributed by atoms with Gasteiger partial charge in [0.05, 0.1) is 16.3 Å².